The number of carbonyl (C=O) groups excluding carboxylic acids is 1. The average molecular weight is 330 g/mol. The molecule has 0 saturated heterocycles. The monoisotopic (exact) mass is 330 g/mol. The Labute approximate surface area is 100.0 Å². The van der Waals surface area contributed by atoms with Gasteiger partial charge in [-0.15, -0.1) is 0 Å². The first-order chi connectivity index (χ1) is 6.81. The van der Waals surface area contributed by atoms with Gasteiger partial charge in [-0.2, -0.15) is 0 Å². The summed E-state index contributed by atoms with van der Waals surface area (Å²) in [6.45, 7) is 1.33. The summed E-state index contributed by atoms with van der Waals surface area (Å²) in [6.07, 6.45) is 7.43. The molecule has 82 valence electrons. The molecule has 0 saturated carbocycles. The Morgan fingerprint density at radius 3 is 2.79 bits per heavy atom. The van der Waals surface area contributed by atoms with Crippen LogP contribution in [-0.4, -0.2) is 19.7 Å². The molecule has 0 aromatic carbocycles. The van der Waals surface area contributed by atoms with Crippen molar-refractivity contribution in [3.63, 3.8) is 0 Å². The highest BCUT2D eigenvalue weighted by molar-refractivity contribution is 14.2. The molecule has 0 spiro atoms. The van der Waals surface area contributed by atoms with Crippen LogP contribution in [0.5, 0.6) is 0 Å². The number of halogens is 1. The minimum atomic E-state index is -0.132. The first kappa shape index (κ1) is 14.3. The van der Waals surface area contributed by atoms with Crippen molar-refractivity contribution in [1.29, 1.82) is 0 Å². The molecule has 0 aliphatic carbocycles. The first-order valence-corrected chi connectivity index (χ1v) is 8.52. The van der Waals surface area contributed by atoms with E-state index in [2.05, 4.69) is 38.9 Å². The molecule has 1 atom stereocenters. The third kappa shape index (κ3) is 10.4. The molecule has 0 aliphatic heterocycles. The Balaban J connectivity index is 3.14. The van der Waals surface area contributed by atoms with Crippen molar-refractivity contribution >= 4 is 34.5 Å². The number of hydrogen-bond acceptors (Lipinski definition) is 3. The topological polar surface area (TPSA) is 35.5 Å². The van der Waals surface area contributed by atoms with Gasteiger partial charge in [0, 0.05) is 6.42 Å². The predicted molar refractivity (Wildman–Crippen MR) is 67.9 cm³/mol. The molecule has 0 amide bonds. The molecule has 0 aliphatic rings. The average Bonchev–Trinajstić information content (AvgIpc) is 2.21. The Kier molecular flexibility index (Phi) is 11.7. The van der Waals surface area contributed by atoms with Crippen LogP contribution in [0.4, 0.5) is 0 Å². The van der Waals surface area contributed by atoms with Crippen LogP contribution in [0.25, 0.3) is 0 Å². The molecule has 0 heterocycles. The van der Waals surface area contributed by atoms with Gasteiger partial charge in [0.25, 0.3) is 0 Å². The van der Waals surface area contributed by atoms with Gasteiger partial charge in [-0.25, -0.2) is 0 Å². The Hall–Kier alpha value is 0.330. The maximum Gasteiger partial charge on any atom is 0.305 e. The second-order valence-electron chi connectivity index (χ2n) is 2.65. The lowest BCUT2D eigenvalue weighted by Gasteiger charge is -1.96. The van der Waals surface area contributed by atoms with Gasteiger partial charge >= 0.3 is 5.97 Å². The standard InChI is InChI=1S/C9H16IO3P/c1-12-9(11)7-5-3-2-4-6-8-13-14-10/h2,4,14H,3,5-8H2,1H3/b4-2-. The minimum absolute atomic E-state index is 0.132. The van der Waals surface area contributed by atoms with E-state index < -0.39 is 0 Å². The normalized spacial score (nSPS) is 11.6. The Morgan fingerprint density at radius 1 is 1.43 bits per heavy atom. The summed E-state index contributed by atoms with van der Waals surface area (Å²) < 4.78 is 9.71. The zero-order chi connectivity index (χ0) is 10.6. The lowest BCUT2D eigenvalue weighted by molar-refractivity contribution is -0.140. The number of rotatable bonds is 8. The largest absolute Gasteiger partial charge is 0.469 e. The van der Waals surface area contributed by atoms with Gasteiger partial charge in [0.2, 0.25) is 0 Å². The zero-order valence-corrected chi connectivity index (χ0v) is 11.5. The van der Waals surface area contributed by atoms with Crippen molar-refractivity contribution in [2.45, 2.75) is 25.7 Å². The molecule has 0 N–H and O–H groups in total. The molecule has 3 nitrogen and oxygen atoms in total. The molecule has 0 aromatic rings. The van der Waals surface area contributed by atoms with Gasteiger partial charge in [0.15, 0.2) is 0 Å². The van der Waals surface area contributed by atoms with Gasteiger partial charge in [0.1, 0.15) is 0 Å². The van der Waals surface area contributed by atoms with E-state index in [1.54, 1.807) is 0 Å². The number of ether oxygens (including phenoxy) is 1. The minimum Gasteiger partial charge on any atom is -0.469 e. The third-order valence-corrected chi connectivity index (χ3v) is 2.83. The summed E-state index contributed by atoms with van der Waals surface area (Å²) in [4.78, 5) is 10.7. The lowest BCUT2D eigenvalue weighted by atomic mass is 10.2. The summed E-state index contributed by atoms with van der Waals surface area (Å²) in [6, 6.07) is 0. The molecular weight excluding hydrogens is 314 g/mol. The van der Waals surface area contributed by atoms with Crippen LogP contribution < -0.4 is 0 Å². The number of carbonyl (C=O) groups is 1. The highest BCUT2D eigenvalue weighted by Gasteiger charge is 1.96. The number of esters is 1. The van der Waals surface area contributed by atoms with Gasteiger partial charge in [-0.3, -0.25) is 4.79 Å². The van der Waals surface area contributed by atoms with E-state index >= 15 is 0 Å². The number of unbranched alkanes of at least 4 members (excludes halogenated alkanes) is 1. The van der Waals surface area contributed by atoms with Crippen molar-refractivity contribution in [2.75, 3.05) is 13.7 Å². The maximum atomic E-state index is 10.7. The predicted octanol–water partition coefficient (Wildman–Crippen LogP) is 3.24. The Morgan fingerprint density at radius 2 is 2.14 bits per heavy atom. The van der Waals surface area contributed by atoms with Crippen molar-refractivity contribution in [1.82, 2.24) is 0 Å². The van der Waals surface area contributed by atoms with Crippen molar-refractivity contribution in [3.8, 4) is 0 Å². The molecule has 5 heteroatoms. The molecule has 0 radical (unpaired) electrons. The molecule has 0 bridgehead atoms. The van der Waals surface area contributed by atoms with Gasteiger partial charge in [-0.1, -0.05) is 12.2 Å². The van der Waals surface area contributed by atoms with E-state index in [9.17, 15) is 4.79 Å². The summed E-state index contributed by atoms with van der Waals surface area (Å²) in [5.74, 6) is -0.132. The molecule has 14 heavy (non-hydrogen) atoms. The number of methoxy groups -OCH3 is 1. The van der Waals surface area contributed by atoms with Crippen LogP contribution in [0.1, 0.15) is 25.7 Å². The second kappa shape index (κ2) is 11.4. The van der Waals surface area contributed by atoms with Crippen LogP contribution in [0, 0.1) is 0 Å². The fourth-order valence-electron chi connectivity index (χ4n) is 0.868. The van der Waals surface area contributed by atoms with Gasteiger partial charge < -0.3 is 9.26 Å². The third-order valence-electron chi connectivity index (χ3n) is 1.59. The van der Waals surface area contributed by atoms with E-state index in [-0.39, 0.29) is 5.97 Å². The van der Waals surface area contributed by atoms with E-state index in [0.29, 0.717) is 12.9 Å². The maximum absolute atomic E-state index is 10.7. The smallest absolute Gasteiger partial charge is 0.305 e. The fourth-order valence-corrected chi connectivity index (χ4v) is 1.72. The van der Waals surface area contributed by atoms with E-state index in [0.717, 1.165) is 25.9 Å². The summed E-state index contributed by atoms with van der Waals surface area (Å²) in [7, 11) is 1.42. The van der Waals surface area contributed by atoms with Crippen LogP contribution in [-0.2, 0) is 14.1 Å². The highest BCUT2D eigenvalue weighted by atomic mass is 127. The van der Waals surface area contributed by atoms with Gasteiger partial charge in [-0.05, 0) is 41.3 Å². The summed E-state index contributed by atoms with van der Waals surface area (Å²) in [5.41, 5.74) is 0. The molecule has 1 unspecified atom stereocenters. The second-order valence-corrected chi connectivity index (χ2v) is 4.42. The van der Waals surface area contributed by atoms with E-state index in [1.165, 1.54) is 7.11 Å². The number of hydrogen-bond donors (Lipinski definition) is 0. The highest BCUT2D eigenvalue weighted by Crippen LogP contribution is 2.21. The first-order valence-electron chi connectivity index (χ1n) is 4.50. The summed E-state index contributed by atoms with van der Waals surface area (Å²) >= 11 is 2.20. The van der Waals surface area contributed by atoms with Crippen LogP contribution in [0.3, 0.4) is 0 Å². The summed E-state index contributed by atoms with van der Waals surface area (Å²) in [5, 5.41) is 0. The van der Waals surface area contributed by atoms with Gasteiger partial charge in [0.05, 0.1) is 20.2 Å². The fraction of sp³-hybridized carbons (Fsp3) is 0.667. The molecule has 0 rings (SSSR count). The van der Waals surface area contributed by atoms with Crippen LogP contribution in [0.2, 0.25) is 0 Å². The van der Waals surface area contributed by atoms with E-state index in [1.807, 2.05) is 0 Å². The lowest BCUT2D eigenvalue weighted by Crippen LogP contribution is -1.98. The van der Waals surface area contributed by atoms with E-state index in [4.69, 9.17) is 4.52 Å². The molecule has 0 aromatic heterocycles. The van der Waals surface area contributed by atoms with Crippen molar-refractivity contribution in [2.24, 2.45) is 0 Å². The van der Waals surface area contributed by atoms with Crippen LogP contribution >= 0.6 is 28.5 Å². The van der Waals surface area contributed by atoms with Crippen molar-refractivity contribution in [3.05, 3.63) is 12.2 Å². The molecule has 0 fully saturated rings. The molecular formula is C9H16IO3P. The Bertz CT molecular complexity index is 173. The quantitative estimate of drug-likeness (QED) is 0.225. The zero-order valence-electron chi connectivity index (χ0n) is 8.29. The van der Waals surface area contributed by atoms with Crippen molar-refractivity contribution < 1.29 is 14.1 Å². The number of allylic oxidation sites excluding steroid dienone is 1. The van der Waals surface area contributed by atoms with Crippen LogP contribution in [0.15, 0.2) is 12.2 Å². The SMILES string of the molecule is COC(=O)CCC/C=C\CCOPI.